The summed E-state index contributed by atoms with van der Waals surface area (Å²) in [7, 11) is 0. The molecule has 0 spiro atoms. The van der Waals surface area contributed by atoms with E-state index in [1.165, 1.54) is 5.56 Å². The number of urea groups is 1. The van der Waals surface area contributed by atoms with Gasteiger partial charge < -0.3 is 15.1 Å². The Kier molecular flexibility index (Phi) is 5.51. The highest BCUT2D eigenvalue weighted by molar-refractivity contribution is 7.13. The van der Waals surface area contributed by atoms with Gasteiger partial charge in [-0.15, -0.1) is 11.3 Å². The Balaban J connectivity index is 1.53. The molecule has 1 aromatic carbocycles. The fourth-order valence-corrected chi connectivity index (χ4v) is 3.80. The molecule has 0 radical (unpaired) electrons. The summed E-state index contributed by atoms with van der Waals surface area (Å²) in [5, 5.41) is 6.16. The number of hydrogen-bond donors (Lipinski definition) is 1. The fraction of sp³-hybridized carbons (Fsp3) is 0.500. The van der Waals surface area contributed by atoms with Crippen LogP contribution in [0.4, 0.5) is 9.93 Å². The molecule has 1 aliphatic rings. The highest BCUT2D eigenvalue weighted by Gasteiger charge is 2.23. The molecule has 2 amide bonds. The number of anilines is 1. The molecule has 6 heteroatoms. The zero-order valence-corrected chi connectivity index (χ0v) is 16.8. The molecule has 0 bridgehead atoms. The van der Waals surface area contributed by atoms with Crippen LogP contribution in [0.25, 0.3) is 0 Å². The maximum absolute atomic E-state index is 12.6. The minimum atomic E-state index is -0.00601. The van der Waals surface area contributed by atoms with Crippen molar-refractivity contribution in [3.8, 4) is 0 Å². The number of rotatable bonds is 3. The van der Waals surface area contributed by atoms with Gasteiger partial charge >= 0.3 is 6.03 Å². The van der Waals surface area contributed by atoms with Crippen LogP contribution in [-0.2, 0) is 5.41 Å². The van der Waals surface area contributed by atoms with Gasteiger partial charge in [-0.05, 0) is 23.5 Å². The van der Waals surface area contributed by atoms with Gasteiger partial charge in [-0.3, -0.25) is 0 Å². The Morgan fingerprint density at radius 3 is 2.35 bits per heavy atom. The summed E-state index contributed by atoms with van der Waals surface area (Å²) in [6.07, 6.45) is 1.83. The second-order valence-corrected chi connectivity index (χ2v) is 8.70. The standard InChI is InChI=1S/C20H28N4OS/c1-15(16-5-7-17(8-6-16)20(2,3)4)22-18(25)23-10-12-24(13-11-23)19-21-9-14-26-19/h5-9,14-15H,10-13H2,1-4H3,(H,22,25). The summed E-state index contributed by atoms with van der Waals surface area (Å²) in [6.45, 7) is 11.8. The van der Waals surface area contributed by atoms with Gasteiger partial charge in [0.05, 0.1) is 6.04 Å². The fourth-order valence-electron chi connectivity index (χ4n) is 3.10. The van der Waals surface area contributed by atoms with E-state index in [0.29, 0.717) is 0 Å². The number of benzene rings is 1. The van der Waals surface area contributed by atoms with Crippen molar-refractivity contribution < 1.29 is 4.79 Å². The van der Waals surface area contributed by atoms with E-state index in [0.717, 1.165) is 36.9 Å². The van der Waals surface area contributed by atoms with Gasteiger partial charge in [0.2, 0.25) is 0 Å². The predicted octanol–water partition coefficient (Wildman–Crippen LogP) is 4.03. The van der Waals surface area contributed by atoms with Crippen LogP contribution in [0, 0.1) is 0 Å². The molecule has 0 aliphatic carbocycles. The van der Waals surface area contributed by atoms with Crippen LogP contribution >= 0.6 is 11.3 Å². The lowest BCUT2D eigenvalue weighted by molar-refractivity contribution is 0.191. The minimum absolute atomic E-state index is 0.00601. The third-order valence-electron chi connectivity index (χ3n) is 4.87. The lowest BCUT2D eigenvalue weighted by atomic mass is 9.86. The largest absolute Gasteiger partial charge is 0.345 e. The van der Waals surface area contributed by atoms with Crippen molar-refractivity contribution >= 4 is 22.5 Å². The van der Waals surface area contributed by atoms with E-state index >= 15 is 0 Å². The lowest BCUT2D eigenvalue weighted by Crippen LogP contribution is -2.52. The van der Waals surface area contributed by atoms with E-state index in [2.05, 4.69) is 60.2 Å². The number of nitrogens with one attached hydrogen (secondary N) is 1. The van der Waals surface area contributed by atoms with Gasteiger partial charge in [-0.2, -0.15) is 0 Å². The zero-order valence-electron chi connectivity index (χ0n) is 16.0. The monoisotopic (exact) mass is 372 g/mol. The van der Waals surface area contributed by atoms with Crippen LogP contribution in [0.5, 0.6) is 0 Å². The molecular weight excluding hydrogens is 344 g/mol. The number of piperazine rings is 1. The topological polar surface area (TPSA) is 48.5 Å². The van der Waals surface area contributed by atoms with E-state index in [1.54, 1.807) is 11.3 Å². The molecule has 2 aromatic rings. The van der Waals surface area contributed by atoms with Crippen LogP contribution in [0.2, 0.25) is 0 Å². The molecule has 0 saturated carbocycles. The molecule has 2 heterocycles. The first-order chi connectivity index (χ1) is 12.3. The molecule has 1 aliphatic heterocycles. The molecular formula is C20H28N4OS. The molecule has 1 unspecified atom stereocenters. The van der Waals surface area contributed by atoms with Crippen molar-refractivity contribution in [2.24, 2.45) is 0 Å². The third kappa shape index (κ3) is 4.36. The van der Waals surface area contributed by atoms with Crippen LogP contribution in [0.1, 0.15) is 44.9 Å². The number of thiazole rings is 1. The number of hydrogen-bond acceptors (Lipinski definition) is 4. The maximum Gasteiger partial charge on any atom is 0.317 e. The van der Waals surface area contributed by atoms with Gasteiger partial charge in [0.1, 0.15) is 0 Å². The Morgan fingerprint density at radius 2 is 1.81 bits per heavy atom. The second kappa shape index (κ2) is 7.66. The SMILES string of the molecule is CC(NC(=O)N1CCN(c2nccs2)CC1)c1ccc(C(C)(C)C)cc1. The van der Waals surface area contributed by atoms with Crippen molar-refractivity contribution in [3.05, 3.63) is 47.0 Å². The molecule has 26 heavy (non-hydrogen) atoms. The minimum Gasteiger partial charge on any atom is -0.345 e. The van der Waals surface area contributed by atoms with E-state index in [1.807, 2.05) is 23.4 Å². The summed E-state index contributed by atoms with van der Waals surface area (Å²) in [5.74, 6) is 0. The quantitative estimate of drug-likeness (QED) is 0.885. The highest BCUT2D eigenvalue weighted by Crippen LogP contribution is 2.24. The summed E-state index contributed by atoms with van der Waals surface area (Å²) < 4.78 is 0. The summed E-state index contributed by atoms with van der Waals surface area (Å²) in [4.78, 5) is 21.1. The van der Waals surface area contributed by atoms with E-state index < -0.39 is 0 Å². The van der Waals surface area contributed by atoms with Crippen molar-refractivity contribution in [1.82, 2.24) is 15.2 Å². The zero-order chi connectivity index (χ0) is 18.7. The van der Waals surface area contributed by atoms with Crippen LogP contribution in [0.15, 0.2) is 35.8 Å². The Morgan fingerprint density at radius 1 is 1.15 bits per heavy atom. The Labute approximate surface area is 160 Å². The average molecular weight is 373 g/mol. The molecule has 3 rings (SSSR count). The van der Waals surface area contributed by atoms with Crippen molar-refractivity contribution in [2.45, 2.75) is 39.2 Å². The van der Waals surface area contributed by atoms with Crippen LogP contribution in [0.3, 0.4) is 0 Å². The molecule has 1 N–H and O–H groups in total. The summed E-state index contributed by atoms with van der Waals surface area (Å²) >= 11 is 1.65. The van der Waals surface area contributed by atoms with E-state index in [9.17, 15) is 4.79 Å². The van der Waals surface area contributed by atoms with Crippen LogP contribution < -0.4 is 10.2 Å². The third-order valence-corrected chi connectivity index (χ3v) is 5.71. The first kappa shape index (κ1) is 18.7. The number of nitrogens with zero attached hydrogens (tertiary/aromatic N) is 3. The van der Waals surface area contributed by atoms with Crippen molar-refractivity contribution in [3.63, 3.8) is 0 Å². The number of carbonyl (C=O) groups is 1. The van der Waals surface area contributed by atoms with Gasteiger partial charge in [0.25, 0.3) is 0 Å². The normalized spacial score (nSPS) is 16.5. The second-order valence-electron chi connectivity index (χ2n) is 7.83. The van der Waals surface area contributed by atoms with Crippen molar-refractivity contribution in [1.29, 1.82) is 0 Å². The van der Waals surface area contributed by atoms with Gasteiger partial charge in [-0.1, -0.05) is 45.0 Å². The van der Waals surface area contributed by atoms with E-state index in [-0.39, 0.29) is 17.5 Å². The average Bonchev–Trinajstić information content (AvgIpc) is 3.16. The Bertz CT molecular complexity index is 713. The maximum atomic E-state index is 12.6. The van der Waals surface area contributed by atoms with Gasteiger partial charge in [0, 0.05) is 37.8 Å². The highest BCUT2D eigenvalue weighted by atomic mass is 32.1. The number of carbonyl (C=O) groups excluding carboxylic acids is 1. The molecule has 1 atom stereocenters. The first-order valence-electron chi connectivity index (χ1n) is 9.15. The Hall–Kier alpha value is -2.08. The van der Waals surface area contributed by atoms with E-state index in [4.69, 9.17) is 0 Å². The van der Waals surface area contributed by atoms with Crippen molar-refractivity contribution in [2.75, 3.05) is 31.1 Å². The molecule has 5 nitrogen and oxygen atoms in total. The molecule has 1 saturated heterocycles. The smallest absolute Gasteiger partial charge is 0.317 e. The summed E-state index contributed by atoms with van der Waals surface area (Å²) in [5.41, 5.74) is 2.58. The molecule has 140 valence electrons. The lowest BCUT2D eigenvalue weighted by Gasteiger charge is -2.35. The molecule has 1 aromatic heterocycles. The first-order valence-corrected chi connectivity index (χ1v) is 10.0. The van der Waals surface area contributed by atoms with Gasteiger partial charge in [-0.25, -0.2) is 9.78 Å². The van der Waals surface area contributed by atoms with Crippen LogP contribution in [-0.4, -0.2) is 42.1 Å². The summed E-state index contributed by atoms with van der Waals surface area (Å²) in [6, 6.07) is 8.55. The van der Waals surface area contributed by atoms with Gasteiger partial charge in [0.15, 0.2) is 5.13 Å². The predicted molar refractivity (Wildman–Crippen MR) is 108 cm³/mol. The number of aromatic nitrogens is 1. The number of amides is 2. The molecule has 1 fully saturated rings.